The molecule has 0 aliphatic heterocycles. The average Bonchev–Trinajstić information content (AvgIpc) is 3.13. The second-order valence-corrected chi connectivity index (χ2v) is 7.78. The fraction of sp³-hybridized carbons (Fsp3) is 0.115. The van der Waals surface area contributed by atoms with Crippen LogP contribution < -0.4 is 15.0 Å². The van der Waals surface area contributed by atoms with Gasteiger partial charge in [0.15, 0.2) is 23.0 Å². The maximum Gasteiger partial charge on any atom is 0.272 e. The zero-order valence-electron chi connectivity index (χ0n) is 18.3. The van der Waals surface area contributed by atoms with Crippen LogP contribution in [0.3, 0.4) is 0 Å². The number of ether oxygens (including phenoxy) is 2. The van der Waals surface area contributed by atoms with Crippen LogP contribution in [0, 0.1) is 0 Å². The second kappa shape index (κ2) is 7.63. The smallest absolute Gasteiger partial charge is 0.272 e. The van der Waals surface area contributed by atoms with Gasteiger partial charge >= 0.3 is 0 Å². The molecule has 0 aliphatic rings. The van der Waals surface area contributed by atoms with Crippen molar-refractivity contribution in [2.75, 3.05) is 14.2 Å². The van der Waals surface area contributed by atoms with Crippen molar-refractivity contribution in [1.29, 1.82) is 0 Å². The summed E-state index contributed by atoms with van der Waals surface area (Å²) in [5, 5.41) is 22.0. The number of phenolic OH excluding ortho intramolecular Hbond substituents is 2. The van der Waals surface area contributed by atoms with Crippen LogP contribution in [0.15, 0.2) is 65.5 Å². The van der Waals surface area contributed by atoms with Gasteiger partial charge in [-0.3, -0.25) is 4.79 Å². The predicted octanol–water partition coefficient (Wildman–Crippen LogP) is 4.78. The van der Waals surface area contributed by atoms with Gasteiger partial charge in [0.25, 0.3) is 5.56 Å². The highest BCUT2D eigenvalue weighted by Crippen LogP contribution is 2.43. The molecule has 3 N–H and O–H groups in total. The number of hydrogen-bond donors (Lipinski definition) is 3. The van der Waals surface area contributed by atoms with E-state index in [1.54, 1.807) is 30.3 Å². The number of para-hydroxylation sites is 1. The third-order valence-electron chi connectivity index (χ3n) is 6.00. The van der Waals surface area contributed by atoms with Crippen molar-refractivity contribution >= 4 is 21.8 Å². The summed E-state index contributed by atoms with van der Waals surface area (Å²) < 4.78 is 12.5. The summed E-state index contributed by atoms with van der Waals surface area (Å²) in [6, 6.07) is 17.9. The molecule has 0 spiro atoms. The largest absolute Gasteiger partial charge is 0.504 e. The van der Waals surface area contributed by atoms with Gasteiger partial charge in [0.2, 0.25) is 0 Å². The first kappa shape index (κ1) is 20.5. The Labute approximate surface area is 189 Å². The van der Waals surface area contributed by atoms with Gasteiger partial charge < -0.3 is 29.2 Å². The van der Waals surface area contributed by atoms with Gasteiger partial charge in [-0.15, -0.1) is 0 Å². The van der Waals surface area contributed by atoms with Gasteiger partial charge in [-0.05, 0) is 42.0 Å². The number of benzene rings is 3. The molecule has 7 nitrogen and oxygen atoms in total. The molecule has 0 saturated heterocycles. The van der Waals surface area contributed by atoms with E-state index in [0.29, 0.717) is 28.3 Å². The van der Waals surface area contributed by atoms with E-state index in [0.717, 1.165) is 27.4 Å². The number of aromatic hydroxyl groups is 2. The standard InChI is InChI=1S/C26H22N2O5/c1-28-17-7-5-4-6-16(17)23-22(14-8-10-18(29)20(12-14)32-2)24(27-26(31)25(23)28)15-9-11-19(30)21(13-15)33-3/h4-13,29-30H,1-3H3,(H,27,31). The molecule has 2 aromatic heterocycles. The first-order chi connectivity index (χ1) is 15.9. The molecule has 166 valence electrons. The fourth-order valence-corrected chi connectivity index (χ4v) is 4.44. The van der Waals surface area contributed by atoms with Crippen LogP contribution in [-0.4, -0.2) is 34.0 Å². The lowest BCUT2D eigenvalue weighted by atomic mass is 9.94. The molecule has 5 rings (SSSR count). The number of rotatable bonds is 4. The van der Waals surface area contributed by atoms with Gasteiger partial charge in [-0.2, -0.15) is 0 Å². The highest BCUT2D eigenvalue weighted by Gasteiger charge is 2.22. The number of nitrogens with one attached hydrogen (secondary N) is 1. The summed E-state index contributed by atoms with van der Waals surface area (Å²) in [4.78, 5) is 16.4. The maximum absolute atomic E-state index is 13.3. The van der Waals surface area contributed by atoms with E-state index >= 15 is 0 Å². The topological polar surface area (TPSA) is 96.7 Å². The maximum atomic E-state index is 13.3. The van der Waals surface area contributed by atoms with Crippen LogP contribution in [0.25, 0.3) is 44.2 Å². The van der Waals surface area contributed by atoms with Crippen molar-refractivity contribution < 1.29 is 19.7 Å². The average molecular weight is 442 g/mol. The minimum Gasteiger partial charge on any atom is -0.504 e. The molecule has 2 heterocycles. The van der Waals surface area contributed by atoms with Gasteiger partial charge in [0.1, 0.15) is 5.52 Å². The molecule has 0 aliphatic carbocycles. The number of pyridine rings is 1. The number of aromatic nitrogens is 2. The first-order valence-corrected chi connectivity index (χ1v) is 10.3. The molecule has 0 bridgehead atoms. The Kier molecular flexibility index (Phi) is 4.74. The number of H-pyrrole nitrogens is 1. The lowest BCUT2D eigenvalue weighted by Crippen LogP contribution is -2.12. The lowest BCUT2D eigenvalue weighted by molar-refractivity contribution is 0.373. The molecule has 0 saturated carbocycles. The number of nitrogens with zero attached hydrogens (tertiary/aromatic N) is 1. The van der Waals surface area contributed by atoms with Crippen LogP contribution in [0.5, 0.6) is 23.0 Å². The number of phenols is 2. The summed E-state index contributed by atoms with van der Waals surface area (Å²) in [6.45, 7) is 0. The van der Waals surface area contributed by atoms with E-state index < -0.39 is 0 Å². The Bertz CT molecular complexity index is 1600. The molecule has 0 unspecified atom stereocenters. The Morgan fingerprint density at radius 2 is 1.45 bits per heavy atom. The van der Waals surface area contributed by atoms with E-state index in [-0.39, 0.29) is 17.1 Å². The van der Waals surface area contributed by atoms with Gasteiger partial charge in [-0.25, -0.2) is 0 Å². The Morgan fingerprint density at radius 1 is 0.848 bits per heavy atom. The number of hydrogen-bond acceptors (Lipinski definition) is 5. The Balaban J connectivity index is 1.99. The number of methoxy groups -OCH3 is 2. The van der Waals surface area contributed by atoms with Crippen molar-refractivity contribution in [1.82, 2.24) is 9.55 Å². The molecule has 33 heavy (non-hydrogen) atoms. The van der Waals surface area contributed by atoms with Gasteiger partial charge in [0.05, 0.1) is 19.9 Å². The highest BCUT2D eigenvalue weighted by molar-refractivity contribution is 6.17. The van der Waals surface area contributed by atoms with Crippen LogP contribution in [0.4, 0.5) is 0 Å². The lowest BCUT2D eigenvalue weighted by Gasteiger charge is -2.15. The second-order valence-electron chi connectivity index (χ2n) is 7.78. The van der Waals surface area contributed by atoms with E-state index in [2.05, 4.69) is 4.98 Å². The molecule has 0 radical (unpaired) electrons. The number of aryl methyl sites for hydroxylation is 1. The summed E-state index contributed by atoms with van der Waals surface area (Å²) in [6.07, 6.45) is 0. The Morgan fingerprint density at radius 3 is 2.12 bits per heavy atom. The van der Waals surface area contributed by atoms with E-state index in [4.69, 9.17) is 9.47 Å². The van der Waals surface area contributed by atoms with Gasteiger partial charge in [0, 0.05) is 34.5 Å². The quantitative estimate of drug-likeness (QED) is 0.372. The van der Waals surface area contributed by atoms with Crippen molar-refractivity contribution in [2.45, 2.75) is 0 Å². The molecule has 7 heteroatoms. The molecule has 5 aromatic rings. The number of aromatic amines is 1. The van der Waals surface area contributed by atoms with Crippen molar-refractivity contribution in [3.8, 4) is 45.4 Å². The summed E-state index contributed by atoms with van der Waals surface area (Å²) in [5.74, 6) is 0.636. The third-order valence-corrected chi connectivity index (χ3v) is 6.00. The molecule has 0 atom stereocenters. The van der Waals surface area contributed by atoms with Crippen LogP contribution in [0.2, 0.25) is 0 Å². The van der Waals surface area contributed by atoms with Crippen molar-refractivity contribution in [3.63, 3.8) is 0 Å². The Hall–Kier alpha value is -4.39. The fourth-order valence-electron chi connectivity index (χ4n) is 4.44. The number of fused-ring (bicyclic) bond motifs is 3. The third kappa shape index (κ3) is 3.09. The molecular weight excluding hydrogens is 420 g/mol. The minimum absolute atomic E-state index is 0.00249. The summed E-state index contributed by atoms with van der Waals surface area (Å²) in [5.41, 5.74) is 3.98. The molecule has 0 fully saturated rings. The molecular formula is C26H22N2O5. The van der Waals surface area contributed by atoms with E-state index in [1.807, 2.05) is 35.9 Å². The zero-order chi connectivity index (χ0) is 23.3. The SMILES string of the molecule is COc1cc(-c2[nH]c(=O)c3c(c2-c2ccc(O)c(OC)c2)c2ccccc2n3C)ccc1O. The minimum atomic E-state index is -0.236. The van der Waals surface area contributed by atoms with Crippen molar-refractivity contribution in [3.05, 3.63) is 71.0 Å². The van der Waals surface area contributed by atoms with Crippen LogP contribution >= 0.6 is 0 Å². The first-order valence-electron chi connectivity index (χ1n) is 10.3. The van der Waals surface area contributed by atoms with Crippen LogP contribution in [-0.2, 0) is 7.05 Å². The highest BCUT2D eigenvalue weighted by atomic mass is 16.5. The molecule has 3 aromatic carbocycles. The molecule has 0 amide bonds. The normalized spacial score (nSPS) is 11.2. The van der Waals surface area contributed by atoms with Gasteiger partial charge in [-0.1, -0.05) is 24.3 Å². The van der Waals surface area contributed by atoms with Crippen LogP contribution in [0.1, 0.15) is 0 Å². The van der Waals surface area contributed by atoms with E-state index in [9.17, 15) is 15.0 Å². The predicted molar refractivity (Wildman–Crippen MR) is 128 cm³/mol. The zero-order valence-corrected chi connectivity index (χ0v) is 18.3. The van der Waals surface area contributed by atoms with E-state index in [1.165, 1.54) is 20.3 Å². The summed E-state index contributed by atoms with van der Waals surface area (Å²) in [7, 11) is 4.83. The van der Waals surface area contributed by atoms with Crippen molar-refractivity contribution in [2.24, 2.45) is 7.05 Å². The summed E-state index contributed by atoms with van der Waals surface area (Å²) >= 11 is 0. The monoisotopic (exact) mass is 442 g/mol.